The maximum absolute atomic E-state index is 12.9. The minimum Gasteiger partial charge on any atom is -0.493 e. The Hall–Kier alpha value is -2.48. The van der Waals surface area contributed by atoms with Crippen molar-refractivity contribution in [3.05, 3.63) is 86.5 Å². The van der Waals surface area contributed by atoms with E-state index in [0.717, 1.165) is 75.6 Å². The highest BCUT2D eigenvalue weighted by atomic mass is 15.2. The van der Waals surface area contributed by atoms with Gasteiger partial charge in [-0.1, -0.05) is 349 Å². The maximum Gasteiger partial charge on any atom is 0.211 e. The zero-order chi connectivity index (χ0) is 58.6. The van der Waals surface area contributed by atoms with Crippen molar-refractivity contribution < 1.29 is 4.70 Å². The monoisotopic (exact) mass is 1130 g/mol. The normalized spacial score (nSPS) is 12.8. The van der Waals surface area contributed by atoms with Crippen LogP contribution in [0.2, 0.25) is 0 Å². The molecule has 2 aromatic rings. The first-order valence-electron chi connectivity index (χ1n) is 37.7. The Bertz CT molecular complexity index is 1780. The van der Waals surface area contributed by atoms with E-state index in [1.54, 1.807) is 4.70 Å². The molecule has 0 atom stereocenters. The van der Waals surface area contributed by atoms with Crippen LogP contribution in [0.4, 0.5) is 0 Å². The molecule has 0 N–H and O–H groups in total. The summed E-state index contributed by atoms with van der Waals surface area (Å²) in [4.78, 5) is 0. The highest BCUT2D eigenvalue weighted by Crippen LogP contribution is 2.45. The lowest BCUT2D eigenvalue weighted by Crippen LogP contribution is -2.05. The van der Waals surface area contributed by atoms with Gasteiger partial charge < -0.3 is 5.53 Å². The van der Waals surface area contributed by atoms with Crippen LogP contribution < -0.4 is 0 Å². The van der Waals surface area contributed by atoms with Crippen LogP contribution in [-0.4, -0.2) is 4.70 Å². The molecule has 0 fully saturated rings. The summed E-state index contributed by atoms with van der Waals surface area (Å²) in [6.45, 7) is 13.9. The summed E-state index contributed by atoms with van der Waals surface area (Å²) in [5, 5.41) is 0. The lowest BCUT2D eigenvalue weighted by atomic mass is 9.90. The summed E-state index contributed by atoms with van der Waals surface area (Å²) in [5.74, 6) is 0. The molecule has 0 spiro atoms. The summed E-state index contributed by atoms with van der Waals surface area (Å²) < 4.78 is 1.71. The van der Waals surface area contributed by atoms with Gasteiger partial charge in [0.2, 0.25) is 11.4 Å². The van der Waals surface area contributed by atoms with Gasteiger partial charge in [-0.3, -0.25) is 0 Å². The molecular weight excluding hydrogens is 989 g/mol. The van der Waals surface area contributed by atoms with Gasteiger partial charge in [0.05, 0.1) is 0 Å². The largest absolute Gasteiger partial charge is 0.493 e. The Morgan fingerprint density at radius 3 is 0.585 bits per heavy atom. The average molecular weight is 1130 g/mol. The van der Waals surface area contributed by atoms with Gasteiger partial charge in [0, 0.05) is 22.3 Å². The maximum atomic E-state index is 12.9. The van der Waals surface area contributed by atoms with Crippen LogP contribution in [0.25, 0.3) is 16.9 Å². The number of hydrogen-bond donors (Lipinski definition) is 0. The van der Waals surface area contributed by atoms with Gasteiger partial charge in [0.25, 0.3) is 0 Å². The molecule has 82 heavy (non-hydrogen) atoms. The molecule has 0 unspecified atom stereocenters. The quantitative estimate of drug-likeness (QED) is 0.0466. The third-order valence-corrected chi connectivity index (χ3v) is 18.8. The molecule has 0 aromatic heterocycles. The fraction of sp³-hybridized carbons (Fsp3) is 0.800. The number of allylic oxidation sites excluding steroid dienone is 2. The number of hydrogen-bond acceptors (Lipinski definition) is 0. The summed E-state index contributed by atoms with van der Waals surface area (Å²) in [6, 6.07) is 15.0. The summed E-state index contributed by atoms with van der Waals surface area (Å²) >= 11 is 0. The Kier molecular flexibility index (Phi) is 47.5. The van der Waals surface area contributed by atoms with Gasteiger partial charge in [-0.2, -0.15) is 0 Å². The zero-order valence-corrected chi connectivity index (χ0v) is 56.4. The van der Waals surface area contributed by atoms with Gasteiger partial charge in [0.15, 0.2) is 0 Å². The number of aryl methyl sites for hydroxylation is 4. The summed E-state index contributed by atoms with van der Waals surface area (Å²) in [7, 11) is 0. The van der Waals surface area contributed by atoms with Crippen molar-refractivity contribution in [1.82, 2.24) is 0 Å². The lowest BCUT2D eigenvalue weighted by molar-refractivity contribution is -0.345. The SMILES string of the molecule is CCCCCCCCCCCCCCCCCCCCCCCCc1cc(CCCCCCCCCCCCCCCCCCCCCCCC)cc(C2=C(CCCC)C(CCCC)=C(c3cc(CCCC)cc(CCCC)c3)[N+]2=[N-])c1. The van der Waals surface area contributed by atoms with Crippen LogP contribution in [0.1, 0.15) is 422 Å². The molecule has 1 aliphatic heterocycles. The van der Waals surface area contributed by atoms with Gasteiger partial charge in [-0.25, -0.2) is 4.70 Å². The van der Waals surface area contributed by atoms with Crippen LogP contribution in [0.3, 0.4) is 0 Å². The second-order valence-corrected chi connectivity index (χ2v) is 26.8. The molecule has 470 valence electrons. The topological polar surface area (TPSA) is 25.3 Å². The first-order chi connectivity index (χ1) is 40.5. The van der Waals surface area contributed by atoms with E-state index in [1.807, 2.05) is 0 Å². The van der Waals surface area contributed by atoms with E-state index in [1.165, 1.54) is 353 Å². The minimum atomic E-state index is 1.03. The van der Waals surface area contributed by atoms with Crippen molar-refractivity contribution in [3.8, 4) is 0 Å². The highest BCUT2D eigenvalue weighted by molar-refractivity contribution is 5.82. The van der Waals surface area contributed by atoms with Crippen LogP contribution in [-0.2, 0) is 25.7 Å². The van der Waals surface area contributed by atoms with Gasteiger partial charge in [0.1, 0.15) is 0 Å². The van der Waals surface area contributed by atoms with Crippen molar-refractivity contribution in [2.75, 3.05) is 0 Å². The van der Waals surface area contributed by atoms with E-state index < -0.39 is 0 Å². The second kappa shape index (κ2) is 52.8. The molecule has 1 aliphatic rings. The molecule has 2 nitrogen and oxygen atoms in total. The summed E-state index contributed by atoms with van der Waals surface area (Å²) in [5.41, 5.74) is 26.2. The number of benzene rings is 2. The Morgan fingerprint density at radius 2 is 0.378 bits per heavy atom. The predicted octanol–water partition coefficient (Wildman–Crippen LogP) is 28.2. The van der Waals surface area contributed by atoms with Gasteiger partial charge in [-0.15, -0.1) is 0 Å². The number of unbranched alkanes of at least 4 members (excludes halogenated alkanes) is 46. The van der Waals surface area contributed by atoms with Crippen molar-refractivity contribution in [2.45, 2.75) is 414 Å². The lowest BCUT2D eigenvalue weighted by Gasteiger charge is -2.15. The smallest absolute Gasteiger partial charge is 0.211 e. The minimum absolute atomic E-state index is 1.03. The molecule has 0 bridgehead atoms. The van der Waals surface area contributed by atoms with Crippen LogP contribution in [0.15, 0.2) is 47.5 Å². The van der Waals surface area contributed by atoms with Crippen molar-refractivity contribution in [3.63, 3.8) is 0 Å². The first-order valence-corrected chi connectivity index (χ1v) is 37.7. The molecule has 1 heterocycles. The molecule has 0 amide bonds. The van der Waals surface area contributed by atoms with Crippen LogP contribution in [0.5, 0.6) is 0 Å². The molecule has 2 heteroatoms. The Morgan fingerprint density at radius 1 is 0.207 bits per heavy atom. The third-order valence-electron chi connectivity index (χ3n) is 18.8. The van der Waals surface area contributed by atoms with E-state index in [4.69, 9.17) is 0 Å². The molecule has 0 saturated heterocycles. The van der Waals surface area contributed by atoms with Crippen molar-refractivity contribution in [2.24, 2.45) is 0 Å². The summed E-state index contributed by atoms with van der Waals surface area (Å²) in [6.07, 6.45) is 78.9. The number of nitrogens with zero attached hydrogens (tertiary/aromatic N) is 2. The highest BCUT2D eigenvalue weighted by Gasteiger charge is 2.36. The molecule has 0 radical (unpaired) electrons. The van der Waals surface area contributed by atoms with Crippen molar-refractivity contribution >= 4 is 11.4 Å². The Labute approximate surface area is 513 Å². The Balaban J connectivity index is 1.55. The zero-order valence-electron chi connectivity index (χ0n) is 56.4. The van der Waals surface area contributed by atoms with E-state index in [0.29, 0.717) is 0 Å². The number of rotatable bonds is 60. The van der Waals surface area contributed by atoms with Crippen molar-refractivity contribution in [1.29, 1.82) is 0 Å². The molecule has 0 saturated carbocycles. The molecule has 0 aliphatic carbocycles. The second-order valence-electron chi connectivity index (χ2n) is 26.8. The van der Waals surface area contributed by atoms with Crippen LogP contribution in [0, 0.1) is 0 Å². The average Bonchev–Trinajstić information content (AvgIpc) is 3.63. The molecular formula is C80H140N2. The predicted molar refractivity (Wildman–Crippen MR) is 369 cm³/mol. The molecule has 3 rings (SSSR count). The van der Waals surface area contributed by atoms with Gasteiger partial charge >= 0.3 is 0 Å². The van der Waals surface area contributed by atoms with Crippen LogP contribution >= 0.6 is 0 Å². The van der Waals surface area contributed by atoms with E-state index in [-0.39, 0.29) is 0 Å². The van der Waals surface area contributed by atoms with E-state index in [2.05, 4.69) is 77.9 Å². The van der Waals surface area contributed by atoms with E-state index in [9.17, 15) is 5.53 Å². The molecule has 2 aromatic carbocycles. The standard InChI is InChI=1S/C80H140N2/c1-7-13-19-21-23-25-27-29-31-33-35-37-39-41-43-45-47-49-51-53-55-57-61-73-66-74(62-58-56-54-52-50-48-46-44-42-40-38-36-34-32-30-28-26-24-22-20-14-8-2)70-76(69-73)80-78(64-18-12-6)77(63-17-11-5)79(82(80)81)75-67-71(59-15-9-3)65-72(68-75)60-16-10-4/h65-70H,7-64H2,1-6H3. The van der Waals surface area contributed by atoms with Gasteiger partial charge in [-0.05, 0) is 124 Å². The fourth-order valence-electron chi connectivity index (χ4n) is 13.5. The van der Waals surface area contributed by atoms with E-state index >= 15 is 0 Å². The third kappa shape index (κ3) is 35.2. The fourth-order valence-corrected chi connectivity index (χ4v) is 13.5. The first kappa shape index (κ1) is 73.8.